The van der Waals surface area contributed by atoms with Gasteiger partial charge in [-0.2, -0.15) is 5.10 Å². The van der Waals surface area contributed by atoms with Crippen LogP contribution in [-0.2, 0) is 18.3 Å². The van der Waals surface area contributed by atoms with Crippen molar-refractivity contribution in [2.75, 3.05) is 6.61 Å². The van der Waals surface area contributed by atoms with Gasteiger partial charge in [-0.05, 0) is 30.2 Å². The molecule has 4 heteroatoms. The molecular formula is C15H18N2O2. The van der Waals surface area contributed by atoms with E-state index in [1.165, 1.54) is 0 Å². The van der Waals surface area contributed by atoms with Crippen molar-refractivity contribution in [3.63, 3.8) is 0 Å². The number of hydrogen-bond acceptors (Lipinski definition) is 3. The fourth-order valence-corrected chi connectivity index (χ4v) is 1.87. The molecule has 2 aromatic rings. The lowest BCUT2D eigenvalue weighted by molar-refractivity contribution is -0.118. The molecule has 0 spiro atoms. The van der Waals surface area contributed by atoms with Gasteiger partial charge in [0, 0.05) is 26.1 Å². The minimum atomic E-state index is 0.167. The maximum absolute atomic E-state index is 11.8. The summed E-state index contributed by atoms with van der Waals surface area (Å²) >= 11 is 0. The van der Waals surface area contributed by atoms with Crippen LogP contribution in [0.1, 0.15) is 17.5 Å². The molecule has 0 atom stereocenters. The maximum Gasteiger partial charge on any atom is 0.140 e. The van der Waals surface area contributed by atoms with E-state index in [9.17, 15) is 4.79 Å². The third-order valence-corrected chi connectivity index (χ3v) is 2.80. The Morgan fingerprint density at radius 1 is 1.42 bits per heavy atom. The number of nitrogens with zero attached hydrogens (tertiary/aromatic N) is 2. The summed E-state index contributed by atoms with van der Waals surface area (Å²) in [5.41, 5.74) is 2.10. The predicted octanol–water partition coefficient (Wildman–Crippen LogP) is 2.31. The first-order valence-corrected chi connectivity index (χ1v) is 6.32. The van der Waals surface area contributed by atoms with E-state index in [-0.39, 0.29) is 5.78 Å². The quantitative estimate of drug-likeness (QED) is 0.798. The van der Waals surface area contributed by atoms with Crippen LogP contribution >= 0.6 is 0 Å². The topological polar surface area (TPSA) is 44.1 Å². The molecule has 0 aliphatic carbocycles. The molecule has 0 bridgehead atoms. The minimum absolute atomic E-state index is 0.167. The van der Waals surface area contributed by atoms with Crippen molar-refractivity contribution in [1.29, 1.82) is 0 Å². The van der Waals surface area contributed by atoms with Gasteiger partial charge in [-0.15, -0.1) is 0 Å². The second-order valence-electron chi connectivity index (χ2n) is 4.65. The first kappa shape index (κ1) is 13.3. The van der Waals surface area contributed by atoms with E-state index >= 15 is 0 Å². The largest absolute Gasteiger partial charge is 0.493 e. The lowest BCUT2D eigenvalue weighted by atomic mass is 10.1. The maximum atomic E-state index is 11.8. The SMILES string of the molecule is Cc1cccc(OCCC(=O)Cc2cnn(C)c2)c1. The highest BCUT2D eigenvalue weighted by Crippen LogP contribution is 2.12. The Labute approximate surface area is 113 Å². The van der Waals surface area contributed by atoms with Crippen LogP contribution < -0.4 is 4.74 Å². The standard InChI is InChI=1S/C15H18N2O2/c1-12-4-3-5-15(8-12)19-7-6-14(18)9-13-10-16-17(2)11-13/h3-5,8,10-11H,6-7,9H2,1-2H3. The Morgan fingerprint density at radius 3 is 2.95 bits per heavy atom. The van der Waals surface area contributed by atoms with Gasteiger partial charge < -0.3 is 4.74 Å². The number of rotatable bonds is 6. The van der Waals surface area contributed by atoms with Crippen LogP contribution in [-0.4, -0.2) is 22.2 Å². The van der Waals surface area contributed by atoms with Gasteiger partial charge in [-0.3, -0.25) is 9.48 Å². The minimum Gasteiger partial charge on any atom is -0.493 e. The fourth-order valence-electron chi connectivity index (χ4n) is 1.87. The number of Topliss-reactive ketones (excluding diaryl/α,β-unsaturated/α-hetero) is 1. The van der Waals surface area contributed by atoms with E-state index in [0.29, 0.717) is 19.4 Å². The van der Waals surface area contributed by atoms with Crippen LogP contribution in [0.15, 0.2) is 36.7 Å². The normalized spacial score (nSPS) is 10.4. The van der Waals surface area contributed by atoms with Crippen LogP contribution in [0.25, 0.3) is 0 Å². The highest BCUT2D eigenvalue weighted by Gasteiger charge is 2.06. The molecule has 0 unspecified atom stereocenters. The van der Waals surface area contributed by atoms with Crippen LogP contribution in [0, 0.1) is 6.92 Å². The monoisotopic (exact) mass is 258 g/mol. The zero-order valence-electron chi connectivity index (χ0n) is 11.3. The Morgan fingerprint density at radius 2 is 2.26 bits per heavy atom. The number of ether oxygens (including phenoxy) is 1. The average Bonchev–Trinajstić information content (AvgIpc) is 2.75. The lowest BCUT2D eigenvalue weighted by Crippen LogP contribution is -2.08. The lowest BCUT2D eigenvalue weighted by Gasteiger charge is -2.05. The Hall–Kier alpha value is -2.10. The van der Waals surface area contributed by atoms with Crippen LogP contribution in [0.5, 0.6) is 5.75 Å². The van der Waals surface area contributed by atoms with Gasteiger partial charge in [-0.1, -0.05) is 12.1 Å². The van der Waals surface area contributed by atoms with Crippen molar-refractivity contribution in [2.45, 2.75) is 19.8 Å². The van der Waals surface area contributed by atoms with E-state index in [0.717, 1.165) is 16.9 Å². The van der Waals surface area contributed by atoms with E-state index in [2.05, 4.69) is 5.10 Å². The summed E-state index contributed by atoms with van der Waals surface area (Å²) in [5.74, 6) is 0.981. The van der Waals surface area contributed by atoms with E-state index in [1.54, 1.807) is 10.9 Å². The summed E-state index contributed by atoms with van der Waals surface area (Å²) in [5, 5.41) is 4.04. The highest BCUT2D eigenvalue weighted by molar-refractivity contribution is 5.80. The van der Waals surface area contributed by atoms with Crippen molar-refractivity contribution < 1.29 is 9.53 Å². The molecule has 0 aliphatic rings. The molecule has 0 saturated heterocycles. The molecule has 0 amide bonds. The summed E-state index contributed by atoms with van der Waals surface area (Å²) in [4.78, 5) is 11.8. The molecule has 0 saturated carbocycles. The number of benzene rings is 1. The smallest absolute Gasteiger partial charge is 0.140 e. The van der Waals surface area contributed by atoms with Crippen LogP contribution in [0.2, 0.25) is 0 Å². The molecule has 0 N–H and O–H groups in total. The van der Waals surface area contributed by atoms with Gasteiger partial charge in [0.1, 0.15) is 11.5 Å². The number of carbonyl (C=O) groups excluding carboxylic acids is 1. The molecule has 1 aromatic heterocycles. The number of aromatic nitrogens is 2. The Kier molecular flexibility index (Phi) is 4.34. The number of hydrogen-bond donors (Lipinski definition) is 0. The van der Waals surface area contributed by atoms with Gasteiger partial charge in [0.25, 0.3) is 0 Å². The molecule has 0 aliphatic heterocycles. The molecule has 0 fully saturated rings. The average molecular weight is 258 g/mol. The van der Waals surface area contributed by atoms with Crippen molar-refractivity contribution >= 4 is 5.78 Å². The van der Waals surface area contributed by atoms with E-state index in [4.69, 9.17) is 4.74 Å². The van der Waals surface area contributed by atoms with Crippen molar-refractivity contribution in [3.8, 4) is 5.75 Å². The zero-order chi connectivity index (χ0) is 13.7. The van der Waals surface area contributed by atoms with Gasteiger partial charge >= 0.3 is 0 Å². The summed E-state index contributed by atoms with van der Waals surface area (Å²) in [6, 6.07) is 7.83. The van der Waals surface area contributed by atoms with E-state index < -0.39 is 0 Å². The second kappa shape index (κ2) is 6.18. The summed E-state index contributed by atoms with van der Waals surface area (Å²) < 4.78 is 7.26. The summed E-state index contributed by atoms with van der Waals surface area (Å²) in [7, 11) is 1.84. The van der Waals surface area contributed by atoms with Crippen LogP contribution in [0.3, 0.4) is 0 Å². The van der Waals surface area contributed by atoms with Crippen molar-refractivity contribution in [1.82, 2.24) is 9.78 Å². The molecule has 1 heterocycles. The van der Waals surface area contributed by atoms with Crippen molar-refractivity contribution in [2.24, 2.45) is 7.05 Å². The molecule has 19 heavy (non-hydrogen) atoms. The molecule has 0 radical (unpaired) electrons. The first-order valence-electron chi connectivity index (χ1n) is 6.32. The first-order chi connectivity index (χ1) is 9.13. The molecule has 2 rings (SSSR count). The molecule has 1 aromatic carbocycles. The van der Waals surface area contributed by atoms with Gasteiger partial charge in [-0.25, -0.2) is 0 Å². The van der Waals surface area contributed by atoms with Crippen LogP contribution in [0.4, 0.5) is 0 Å². The zero-order valence-corrected chi connectivity index (χ0v) is 11.3. The predicted molar refractivity (Wildman–Crippen MR) is 73.2 cm³/mol. The number of aryl methyl sites for hydroxylation is 2. The van der Waals surface area contributed by atoms with E-state index in [1.807, 2.05) is 44.4 Å². The third kappa shape index (κ3) is 4.25. The third-order valence-electron chi connectivity index (χ3n) is 2.80. The number of carbonyl (C=O) groups is 1. The highest BCUT2D eigenvalue weighted by atomic mass is 16.5. The van der Waals surface area contributed by atoms with Gasteiger partial charge in [0.2, 0.25) is 0 Å². The molecule has 100 valence electrons. The Bertz CT molecular complexity index is 561. The molecular weight excluding hydrogens is 240 g/mol. The van der Waals surface area contributed by atoms with Crippen molar-refractivity contribution in [3.05, 3.63) is 47.8 Å². The molecule has 4 nitrogen and oxygen atoms in total. The fraction of sp³-hybridized carbons (Fsp3) is 0.333. The number of ketones is 1. The van der Waals surface area contributed by atoms with Gasteiger partial charge in [0.05, 0.1) is 12.8 Å². The van der Waals surface area contributed by atoms with Gasteiger partial charge in [0.15, 0.2) is 0 Å². The second-order valence-corrected chi connectivity index (χ2v) is 4.65. The summed E-state index contributed by atoms with van der Waals surface area (Å²) in [6.45, 7) is 2.43. The summed E-state index contributed by atoms with van der Waals surface area (Å²) in [6.07, 6.45) is 4.42. The Balaban J connectivity index is 1.75.